The molecule has 0 radical (unpaired) electrons. The molecule has 0 bridgehead atoms. The van der Waals surface area contributed by atoms with E-state index in [4.69, 9.17) is 4.74 Å². The third kappa shape index (κ3) is 4.40. The lowest BCUT2D eigenvalue weighted by molar-refractivity contribution is 0.122. The second-order valence-corrected chi connectivity index (χ2v) is 5.15. The quantitative estimate of drug-likeness (QED) is 0.897. The number of rotatable bonds is 4. The Labute approximate surface area is 134 Å². The number of hydrogen-bond acceptors (Lipinski definition) is 5. The average molecular weight is 313 g/mol. The van der Waals surface area contributed by atoms with Crippen LogP contribution in [0.4, 0.5) is 16.4 Å². The van der Waals surface area contributed by atoms with Crippen molar-refractivity contribution in [2.45, 2.75) is 6.54 Å². The van der Waals surface area contributed by atoms with E-state index in [-0.39, 0.29) is 6.03 Å². The summed E-state index contributed by atoms with van der Waals surface area (Å²) in [5, 5.41) is 5.45. The zero-order valence-electron chi connectivity index (χ0n) is 12.7. The van der Waals surface area contributed by atoms with E-state index in [0.717, 1.165) is 37.7 Å². The Bertz CT molecular complexity index is 627. The molecule has 0 aromatic carbocycles. The van der Waals surface area contributed by atoms with E-state index < -0.39 is 0 Å². The Morgan fingerprint density at radius 1 is 1.17 bits per heavy atom. The number of nitrogens with one attached hydrogen (secondary N) is 2. The molecule has 0 spiro atoms. The number of pyridine rings is 2. The standard InChI is InChI=1S/C16H19N5O2/c22-16(20-14-3-1-2-6-17-14)19-12-13-4-5-15(18-11-13)21-7-9-23-10-8-21/h1-6,11H,7-10,12H2,(H2,17,19,20,22). The smallest absolute Gasteiger partial charge is 0.320 e. The SMILES string of the molecule is O=C(NCc1ccc(N2CCOCC2)nc1)Nc1ccccn1. The highest BCUT2D eigenvalue weighted by Crippen LogP contribution is 2.13. The van der Waals surface area contributed by atoms with E-state index in [2.05, 4.69) is 25.5 Å². The lowest BCUT2D eigenvalue weighted by Crippen LogP contribution is -2.36. The predicted octanol–water partition coefficient (Wildman–Crippen LogP) is 1.63. The normalized spacial score (nSPS) is 14.3. The van der Waals surface area contributed by atoms with Crippen LogP contribution in [-0.2, 0) is 11.3 Å². The summed E-state index contributed by atoms with van der Waals surface area (Å²) in [5.41, 5.74) is 0.943. The lowest BCUT2D eigenvalue weighted by atomic mass is 10.2. The Balaban J connectivity index is 1.49. The molecular weight excluding hydrogens is 294 g/mol. The Kier molecular flexibility index (Phi) is 5.00. The van der Waals surface area contributed by atoms with Gasteiger partial charge in [-0.25, -0.2) is 14.8 Å². The number of aromatic nitrogens is 2. The number of carbonyl (C=O) groups excluding carboxylic acids is 1. The van der Waals surface area contributed by atoms with Crippen molar-refractivity contribution in [1.29, 1.82) is 0 Å². The van der Waals surface area contributed by atoms with Crippen LogP contribution < -0.4 is 15.5 Å². The molecular formula is C16H19N5O2. The second kappa shape index (κ2) is 7.55. The van der Waals surface area contributed by atoms with Gasteiger partial charge in [-0.2, -0.15) is 0 Å². The number of urea groups is 1. The van der Waals surface area contributed by atoms with Crippen molar-refractivity contribution in [3.8, 4) is 0 Å². The van der Waals surface area contributed by atoms with E-state index in [0.29, 0.717) is 12.4 Å². The van der Waals surface area contributed by atoms with Crippen molar-refractivity contribution in [2.75, 3.05) is 36.5 Å². The molecule has 3 heterocycles. The Morgan fingerprint density at radius 3 is 2.74 bits per heavy atom. The van der Waals surface area contributed by atoms with Crippen LogP contribution in [0.2, 0.25) is 0 Å². The van der Waals surface area contributed by atoms with Gasteiger partial charge in [0.1, 0.15) is 11.6 Å². The zero-order valence-corrected chi connectivity index (χ0v) is 12.7. The summed E-state index contributed by atoms with van der Waals surface area (Å²) >= 11 is 0. The van der Waals surface area contributed by atoms with E-state index in [1.807, 2.05) is 18.2 Å². The maximum atomic E-state index is 11.8. The minimum absolute atomic E-state index is 0.291. The van der Waals surface area contributed by atoms with Crippen LogP contribution in [-0.4, -0.2) is 42.3 Å². The minimum Gasteiger partial charge on any atom is -0.378 e. The molecule has 7 heteroatoms. The van der Waals surface area contributed by atoms with Crippen LogP contribution in [0.5, 0.6) is 0 Å². The van der Waals surface area contributed by atoms with Gasteiger partial charge >= 0.3 is 6.03 Å². The molecule has 2 N–H and O–H groups in total. The van der Waals surface area contributed by atoms with Gasteiger partial charge in [0.15, 0.2) is 0 Å². The molecule has 1 aliphatic heterocycles. The van der Waals surface area contributed by atoms with Crippen LogP contribution >= 0.6 is 0 Å². The summed E-state index contributed by atoms with van der Waals surface area (Å²) in [4.78, 5) is 22.5. The first kappa shape index (κ1) is 15.2. The fourth-order valence-corrected chi connectivity index (χ4v) is 2.28. The molecule has 2 aromatic heterocycles. The molecule has 120 valence electrons. The first-order valence-corrected chi connectivity index (χ1v) is 7.55. The number of amides is 2. The average Bonchev–Trinajstić information content (AvgIpc) is 2.62. The van der Waals surface area contributed by atoms with Gasteiger partial charge in [-0.1, -0.05) is 12.1 Å². The third-order valence-electron chi connectivity index (χ3n) is 3.50. The Hall–Kier alpha value is -2.67. The summed E-state index contributed by atoms with van der Waals surface area (Å²) in [6.45, 7) is 3.60. The molecule has 0 saturated carbocycles. The number of ether oxygens (including phenoxy) is 1. The topological polar surface area (TPSA) is 79.4 Å². The molecule has 1 fully saturated rings. The monoisotopic (exact) mass is 313 g/mol. The maximum absolute atomic E-state index is 11.8. The van der Waals surface area contributed by atoms with Crippen LogP contribution in [0.25, 0.3) is 0 Å². The fraction of sp³-hybridized carbons (Fsp3) is 0.312. The number of hydrogen-bond donors (Lipinski definition) is 2. The summed E-state index contributed by atoms with van der Waals surface area (Å²) in [7, 11) is 0. The fourth-order valence-electron chi connectivity index (χ4n) is 2.28. The van der Waals surface area contributed by atoms with Gasteiger partial charge in [0, 0.05) is 32.0 Å². The van der Waals surface area contributed by atoms with Crippen molar-refractivity contribution >= 4 is 17.7 Å². The van der Waals surface area contributed by atoms with Crippen molar-refractivity contribution in [3.05, 3.63) is 48.3 Å². The van der Waals surface area contributed by atoms with Crippen LogP contribution in [0.15, 0.2) is 42.7 Å². The highest BCUT2D eigenvalue weighted by Gasteiger charge is 2.12. The largest absolute Gasteiger partial charge is 0.378 e. The second-order valence-electron chi connectivity index (χ2n) is 5.15. The summed E-state index contributed by atoms with van der Waals surface area (Å²) in [6, 6.07) is 9.00. The molecule has 1 aliphatic rings. The maximum Gasteiger partial charge on any atom is 0.320 e. The van der Waals surface area contributed by atoms with Gasteiger partial charge < -0.3 is 15.0 Å². The summed E-state index contributed by atoms with van der Waals surface area (Å²) in [5.74, 6) is 1.46. The lowest BCUT2D eigenvalue weighted by Gasteiger charge is -2.27. The molecule has 0 unspecified atom stereocenters. The summed E-state index contributed by atoms with van der Waals surface area (Å²) in [6.07, 6.45) is 3.41. The number of carbonyl (C=O) groups is 1. The van der Waals surface area contributed by atoms with Crippen molar-refractivity contribution in [2.24, 2.45) is 0 Å². The van der Waals surface area contributed by atoms with E-state index in [1.165, 1.54) is 0 Å². The van der Waals surface area contributed by atoms with Gasteiger partial charge in [-0.05, 0) is 23.8 Å². The van der Waals surface area contributed by atoms with Crippen molar-refractivity contribution in [3.63, 3.8) is 0 Å². The van der Waals surface area contributed by atoms with E-state index in [1.54, 1.807) is 24.5 Å². The molecule has 23 heavy (non-hydrogen) atoms. The number of morpholine rings is 1. The van der Waals surface area contributed by atoms with Gasteiger partial charge in [0.25, 0.3) is 0 Å². The highest BCUT2D eigenvalue weighted by molar-refractivity contribution is 5.88. The van der Waals surface area contributed by atoms with E-state index >= 15 is 0 Å². The van der Waals surface area contributed by atoms with Gasteiger partial charge in [0.2, 0.25) is 0 Å². The van der Waals surface area contributed by atoms with Crippen LogP contribution in [0, 0.1) is 0 Å². The molecule has 0 atom stereocenters. The molecule has 2 amide bonds. The highest BCUT2D eigenvalue weighted by atomic mass is 16.5. The summed E-state index contributed by atoms with van der Waals surface area (Å²) < 4.78 is 5.33. The molecule has 0 aliphatic carbocycles. The van der Waals surface area contributed by atoms with E-state index in [9.17, 15) is 4.79 Å². The first-order chi connectivity index (χ1) is 11.3. The number of anilines is 2. The Morgan fingerprint density at radius 2 is 2.04 bits per heavy atom. The molecule has 2 aromatic rings. The van der Waals surface area contributed by atoms with Gasteiger partial charge in [0.05, 0.1) is 13.2 Å². The number of nitrogens with zero attached hydrogens (tertiary/aromatic N) is 3. The van der Waals surface area contributed by atoms with Crippen LogP contribution in [0.1, 0.15) is 5.56 Å². The molecule has 7 nitrogen and oxygen atoms in total. The first-order valence-electron chi connectivity index (χ1n) is 7.55. The third-order valence-corrected chi connectivity index (χ3v) is 3.50. The van der Waals surface area contributed by atoms with Gasteiger partial charge in [-0.15, -0.1) is 0 Å². The predicted molar refractivity (Wildman–Crippen MR) is 87.4 cm³/mol. The van der Waals surface area contributed by atoms with Crippen molar-refractivity contribution < 1.29 is 9.53 Å². The minimum atomic E-state index is -0.291. The van der Waals surface area contributed by atoms with Crippen LogP contribution in [0.3, 0.4) is 0 Å². The zero-order chi connectivity index (χ0) is 15.9. The molecule has 3 rings (SSSR count). The molecule has 1 saturated heterocycles. The van der Waals surface area contributed by atoms with Gasteiger partial charge in [-0.3, -0.25) is 5.32 Å². The van der Waals surface area contributed by atoms with Crippen molar-refractivity contribution in [1.82, 2.24) is 15.3 Å².